The molecule has 10 heteroatoms. The van der Waals surface area contributed by atoms with Crippen molar-refractivity contribution in [1.82, 2.24) is 10.2 Å². The highest BCUT2D eigenvalue weighted by atomic mass is 19.3. The van der Waals surface area contributed by atoms with Gasteiger partial charge in [-0.05, 0) is 35.9 Å². The summed E-state index contributed by atoms with van der Waals surface area (Å²) in [5, 5.41) is 5.10. The van der Waals surface area contributed by atoms with E-state index in [-0.39, 0.29) is 29.5 Å². The zero-order valence-corrected chi connectivity index (χ0v) is 17.3. The number of hydrogen-bond acceptors (Lipinski definition) is 5. The molecule has 8 nitrogen and oxygen atoms in total. The summed E-state index contributed by atoms with van der Waals surface area (Å²) < 4.78 is 34.0. The number of amides is 3. The maximum Gasteiger partial charge on any atom is 0.387 e. The van der Waals surface area contributed by atoms with E-state index >= 15 is 0 Å². The molecule has 0 fully saturated rings. The lowest BCUT2D eigenvalue weighted by atomic mass is 10.2. The van der Waals surface area contributed by atoms with Gasteiger partial charge in [0.2, 0.25) is 11.8 Å². The van der Waals surface area contributed by atoms with Gasteiger partial charge in [0.1, 0.15) is 0 Å². The van der Waals surface area contributed by atoms with Crippen LogP contribution in [0.25, 0.3) is 0 Å². The first-order valence-electron chi connectivity index (χ1n) is 9.21. The molecule has 0 aliphatic rings. The van der Waals surface area contributed by atoms with E-state index in [1.54, 1.807) is 25.2 Å². The Labute approximate surface area is 178 Å². The molecule has 0 radical (unpaired) electrons. The zero-order valence-electron chi connectivity index (χ0n) is 17.3. The Morgan fingerprint density at radius 3 is 2.48 bits per heavy atom. The summed E-state index contributed by atoms with van der Waals surface area (Å²) >= 11 is 0. The molecule has 0 bridgehead atoms. The average Bonchev–Trinajstić information content (AvgIpc) is 2.72. The summed E-state index contributed by atoms with van der Waals surface area (Å²) in [6.45, 7) is -1.49. The molecular weight excluding hydrogens is 412 g/mol. The third-order valence-electron chi connectivity index (χ3n) is 4.22. The van der Waals surface area contributed by atoms with Crippen LogP contribution < -0.4 is 20.1 Å². The molecule has 0 spiro atoms. The first-order valence-corrected chi connectivity index (χ1v) is 9.21. The molecule has 2 aromatic carbocycles. The van der Waals surface area contributed by atoms with Crippen molar-refractivity contribution >= 4 is 23.4 Å². The molecule has 0 heterocycles. The van der Waals surface area contributed by atoms with Gasteiger partial charge in [-0.2, -0.15) is 8.78 Å². The predicted molar refractivity (Wildman–Crippen MR) is 109 cm³/mol. The quantitative estimate of drug-likeness (QED) is 0.631. The number of nitrogens with one attached hydrogen (secondary N) is 2. The third kappa shape index (κ3) is 7.25. The van der Waals surface area contributed by atoms with Gasteiger partial charge in [0.05, 0.1) is 13.7 Å². The van der Waals surface area contributed by atoms with Crippen molar-refractivity contribution in [3.63, 3.8) is 0 Å². The molecule has 0 aromatic heterocycles. The first kappa shape index (κ1) is 23.6. The van der Waals surface area contributed by atoms with Gasteiger partial charge in [-0.25, -0.2) is 0 Å². The summed E-state index contributed by atoms with van der Waals surface area (Å²) in [7, 11) is 2.93. The van der Waals surface area contributed by atoms with Crippen LogP contribution in [-0.2, 0) is 16.1 Å². The van der Waals surface area contributed by atoms with Gasteiger partial charge in [-0.1, -0.05) is 12.1 Å². The van der Waals surface area contributed by atoms with Gasteiger partial charge >= 0.3 is 6.61 Å². The molecule has 0 saturated carbocycles. The van der Waals surface area contributed by atoms with Crippen LogP contribution in [0.1, 0.15) is 22.8 Å². The Balaban J connectivity index is 1.94. The summed E-state index contributed by atoms with van der Waals surface area (Å²) in [5.74, 6) is -1.38. The Kier molecular flexibility index (Phi) is 8.30. The number of nitrogens with zero attached hydrogens (tertiary/aromatic N) is 1. The number of halogens is 2. The van der Waals surface area contributed by atoms with E-state index in [1.807, 2.05) is 6.07 Å². The van der Waals surface area contributed by atoms with Crippen LogP contribution in [0.2, 0.25) is 0 Å². The van der Waals surface area contributed by atoms with E-state index in [2.05, 4.69) is 15.4 Å². The Hall–Kier alpha value is -3.69. The van der Waals surface area contributed by atoms with Crippen molar-refractivity contribution in [2.75, 3.05) is 26.0 Å². The SMILES string of the molecule is COc1cc(C(=O)NCC(=O)Nc2cccc(CN(C)C(C)=O)c2)ccc1OC(F)F. The molecule has 3 amide bonds. The smallest absolute Gasteiger partial charge is 0.387 e. The number of ether oxygens (including phenoxy) is 2. The number of methoxy groups -OCH3 is 1. The topological polar surface area (TPSA) is 97.0 Å². The van der Waals surface area contributed by atoms with Crippen molar-refractivity contribution < 1.29 is 32.6 Å². The predicted octanol–water partition coefficient (Wildman–Crippen LogP) is 2.64. The van der Waals surface area contributed by atoms with Gasteiger partial charge in [-0.3, -0.25) is 14.4 Å². The van der Waals surface area contributed by atoms with Crippen LogP contribution in [-0.4, -0.2) is 49.9 Å². The molecule has 2 aromatic rings. The molecule has 166 valence electrons. The van der Waals surface area contributed by atoms with Crippen molar-refractivity contribution in [1.29, 1.82) is 0 Å². The van der Waals surface area contributed by atoms with Crippen LogP contribution in [0.4, 0.5) is 14.5 Å². The number of benzene rings is 2. The van der Waals surface area contributed by atoms with Crippen molar-refractivity contribution in [2.24, 2.45) is 0 Å². The minimum atomic E-state index is -3.03. The summed E-state index contributed by atoms with van der Waals surface area (Å²) in [5.41, 5.74) is 1.46. The summed E-state index contributed by atoms with van der Waals surface area (Å²) in [6, 6.07) is 10.7. The lowest BCUT2D eigenvalue weighted by molar-refractivity contribution is -0.128. The first-order chi connectivity index (χ1) is 14.7. The number of anilines is 1. The zero-order chi connectivity index (χ0) is 23.0. The van der Waals surface area contributed by atoms with Crippen LogP contribution in [0, 0.1) is 0 Å². The fourth-order valence-electron chi connectivity index (χ4n) is 2.60. The van der Waals surface area contributed by atoms with Crippen molar-refractivity contribution in [3.05, 3.63) is 53.6 Å². The van der Waals surface area contributed by atoms with Gasteiger partial charge < -0.3 is 25.0 Å². The molecule has 0 aliphatic carbocycles. The van der Waals surface area contributed by atoms with Crippen LogP contribution in [0.15, 0.2) is 42.5 Å². The molecule has 0 aliphatic heterocycles. The minimum Gasteiger partial charge on any atom is -0.493 e. The molecule has 0 unspecified atom stereocenters. The number of rotatable bonds is 9. The number of carbonyl (C=O) groups excluding carboxylic acids is 3. The number of hydrogen-bond donors (Lipinski definition) is 2. The molecule has 2 rings (SSSR count). The molecule has 2 N–H and O–H groups in total. The molecule has 31 heavy (non-hydrogen) atoms. The highest BCUT2D eigenvalue weighted by Gasteiger charge is 2.15. The van der Waals surface area contributed by atoms with E-state index < -0.39 is 18.4 Å². The van der Waals surface area contributed by atoms with E-state index in [1.165, 1.54) is 37.1 Å². The van der Waals surface area contributed by atoms with E-state index in [0.717, 1.165) is 5.56 Å². The highest BCUT2D eigenvalue weighted by Crippen LogP contribution is 2.29. The molecular formula is C21H23F2N3O5. The monoisotopic (exact) mass is 435 g/mol. The lowest BCUT2D eigenvalue weighted by Crippen LogP contribution is -2.32. The lowest BCUT2D eigenvalue weighted by Gasteiger charge is -2.15. The van der Waals surface area contributed by atoms with Crippen LogP contribution >= 0.6 is 0 Å². The second kappa shape index (κ2) is 10.9. The fraction of sp³-hybridized carbons (Fsp3) is 0.286. The van der Waals surface area contributed by atoms with Gasteiger partial charge in [0.25, 0.3) is 5.91 Å². The van der Waals surface area contributed by atoms with Gasteiger partial charge in [0.15, 0.2) is 11.5 Å². The second-order valence-electron chi connectivity index (χ2n) is 6.55. The highest BCUT2D eigenvalue weighted by molar-refractivity contribution is 5.99. The van der Waals surface area contributed by atoms with Crippen molar-refractivity contribution in [3.8, 4) is 11.5 Å². The second-order valence-corrected chi connectivity index (χ2v) is 6.55. The maximum absolute atomic E-state index is 12.4. The van der Waals surface area contributed by atoms with E-state index in [0.29, 0.717) is 12.2 Å². The van der Waals surface area contributed by atoms with Gasteiger partial charge in [0, 0.05) is 31.8 Å². The molecule has 0 atom stereocenters. The Bertz CT molecular complexity index is 952. The minimum absolute atomic E-state index is 0.0373. The van der Waals surface area contributed by atoms with Crippen LogP contribution in [0.5, 0.6) is 11.5 Å². The Morgan fingerprint density at radius 1 is 1.10 bits per heavy atom. The fourth-order valence-corrected chi connectivity index (χ4v) is 2.60. The average molecular weight is 435 g/mol. The van der Waals surface area contributed by atoms with Gasteiger partial charge in [-0.15, -0.1) is 0 Å². The normalized spacial score (nSPS) is 10.4. The molecule has 0 saturated heterocycles. The summed E-state index contributed by atoms with van der Waals surface area (Å²) in [4.78, 5) is 37.3. The largest absolute Gasteiger partial charge is 0.493 e. The third-order valence-corrected chi connectivity index (χ3v) is 4.22. The summed E-state index contributed by atoms with van der Waals surface area (Å²) in [6.07, 6.45) is 0. The maximum atomic E-state index is 12.4. The number of carbonyl (C=O) groups is 3. The van der Waals surface area contributed by atoms with E-state index in [9.17, 15) is 23.2 Å². The number of alkyl halides is 2. The Morgan fingerprint density at radius 2 is 1.84 bits per heavy atom. The standard InChI is InChI=1S/C21H23F2N3O5/c1-13(27)26(2)12-14-5-4-6-16(9-14)25-19(28)11-24-20(29)15-7-8-17(31-21(22)23)18(10-15)30-3/h4-10,21H,11-12H2,1-3H3,(H,24,29)(H,25,28). The van der Waals surface area contributed by atoms with Crippen molar-refractivity contribution in [2.45, 2.75) is 20.1 Å². The van der Waals surface area contributed by atoms with Crippen LogP contribution in [0.3, 0.4) is 0 Å². The van der Waals surface area contributed by atoms with E-state index in [4.69, 9.17) is 4.74 Å².